The smallest absolute Gasteiger partial charge is 0.149 e. The summed E-state index contributed by atoms with van der Waals surface area (Å²) in [5.41, 5.74) is 19.0. The minimum Gasteiger partial charge on any atom is -0.507 e. The lowest BCUT2D eigenvalue weighted by Crippen LogP contribution is -2.10. The zero-order valence-corrected chi connectivity index (χ0v) is 39.9. The molecule has 0 saturated carbocycles. The predicted octanol–water partition coefficient (Wildman–Crippen LogP) is 16.9. The minimum absolute atomic E-state index is 0.0768. The van der Waals surface area contributed by atoms with Crippen LogP contribution in [0.4, 0.5) is 0 Å². The molecule has 0 amide bonds. The number of fused-ring (bicyclic) bond motifs is 1. The minimum atomic E-state index is 0.0768. The Hall–Kier alpha value is -7.04. The van der Waals surface area contributed by atoms with Gasteiger partial charge in [-0.1, -0.05) is 172 Å². The van der Waals surface area contributed by atoms with Crippen LogP contribution in [0.25, 0.3) is 83.9 Å². The third-order valence-corrected chi connectivity index (χ3v) is 12.9. The Bertz CT molecular complexity index is 3170. The molecule has 4 heteroatoms. The molecule has 0 saturated heterocycles. The Labute approximate surface area is 391 Å². The van der Waals surface area contributed by atoms with Crippen molar-refractivity contribution in [2.75, 3.05) is 0 Å². The first-order valence-electron chi connectivity index (χ1n) is 23.6. The number of rotatable bonds is 11. The molecular weight excluding hydrogens is 803 g/mol. The molecule has 1 N–H and O–H groups in total. The number of hydrogen-bond acceptors (Lipinski definition) is 3. The van der Waals surface area contributed by atoms with Crippen LogP contribution in [0, 0.1) is 5.92 Å². The van der Waals surface area contributed by atoms with E-state index < -0.39 is 0 Å². The number of pyridine rings is 1. The van der Waals surface area contributed by atoms with Gasteiger partial charge in [0.2, 0.25) is 0 Å². The van der Waals surface area contributed by atoms with Crippen LogP contribution in [0.2, 0.25) is 0 Å². The summed E-state index contributed by atoms with van der Waals surface area (Å²) in [6.45, 7) is 20.0. The highest BCUT2D eigenvalue weighted by molar-refractivity contribution is 5.98. The molecule has 2 heterocycles. The Morgan fingerprint density at radius 3 is 1.86 bits per heavy atom. The number of nitrogens with zero attached hydrogens (tertiary/aromatic N) is 3. The third kappa shape index (κ3) is 8.85. The van der Waals surface area contributed by atoms with Crippen molar-refractivity contribution in [3.05, 3.63) is 192 Å². The number of aromatic nitrogens is 3. The van der Waals surface area contributed by atoms with Gasteiger partial charge in [0, 0.05) is 22.9 Å². The van der Waals surface area contributed by atoms with Crippen LogP contribution in [-0.4, -0.2) is 19.6 Å². The summed E-state index contributed by atoms with van der Waals surface area (Å²) in [7, 11) is 0. The maximum absolute atomic E-state index is 12.3. The third-order valence-electron chi connectivity index (χ3n) is 12.9. The Kier molecular flexibility index (Phi) is 12.1. The molecule has 2 aromatic heterocycles. The topological polar surface area (TPSA) is 50.9 Å². The zero-order chi connectivity index (χ0) is 46.3. The summed E-state index contributed by atoms with van der Waals surface area (Å²) >= 11 is 0. The molecule has 0 aliphatic carbocycles. The van der Waals surface area contributed by atoms with Crippen molar-refractivity contribution in [2.24, 2.45) is 5.92 Å². The Morgan fingerprint density at radius 1 is 0.530 bits per heavy atom. The van der Waals surface area contributed by atoms with E-state index in [1.807, 2.05) is 6.20 Å². The fraction of sp³-hybridized carbons (Fsp3) is 0.226. The highest BCUT2D eigenvalue weighted by Gasteiger charge is 2.25. The summed E-state index contributed by atoms with van der Waals surface area (Å²) in [4.78, 5) is 10.7. The van der Waals surface area contributed by atoms with Crippen molar-refractivity contribution >= 4 is 11.0 Å². The number of aromatic hydroxyl groups is 1. The van der Waals surface area contributed by atoms with Gasteiger partial charge in [-0.25, -0.2) is 4.98 Å². The first-order valence-corrected chi connectivity index (χ1v) is 23.6. The second-order valence-corrected chi connectivity index (χ2v) is 20.0. The standard InChI is InChI=1S/C62H61N3O/c1-39(2)31-42-23-28-57(54(32-42)45-19-14-11-15-20-45)65-58-22-16-21-52(59(58)64-61(65)55-37-47(40(3)4)36-53(41(5)6)60(55)66)49-33-48(43-17-12-10-13-18-43)34-50(35-49)56-38-46(29-30-63-56)44-24-26-51(27-25-44)62(7,8)9/h10-30,32-41,66H,31H2,1-9H3. The van der Waals surface area contributed by atoms with Crippen molar-refractivity contribution in [1.29, 1.82) is 0 Å². The molecule has 0 aliphatic rings. The fourth-order valence-corrected chi connectivity index (χ4v) is 9.27. The van der Waals surface area contributed by atoms with Gasteiger partial charge in [0.15, 0.2) is 0 Å². The quantitative estimate of drug-likeness (QED) is 0.141. The highest BCUT2D eigenvalue weighted by Crippen LogP contribution is 2.44. The molecule has 0 bridgehead atoms. The lowest BCUT2D eigenvalue weighted by molar-refractivity contribution is 0.466. The number of hydrogen-bond donors (Lipinski definition) is 1. The molecular formula is C62H61N3O. The summed E-state index contributed by atoms with van der Waals surface area (Å²) in [6.07, 6.45) is 2.89. The second kappa shape index (κ2) is 18.1. The summed E-state index contributed by atoms with van der Waals surface area (Å²) in [5, 5.41) is 12.3. The van der Waals surface area contributed by atoms with E-state index in [9.17, 15) is 5.11 Å². The number of phenolic OH excluding ortho intramolecular Hbond substituents is 1. The van der Waals surface area contributed by atoms with Gasteiger partial charge in [0.25, 0.3) is 0 Å². The van der Waals surface area contributed by atoms with Gasteiger partial charge < -0.3 is 5.11 Å². The maximum atomic E-state index is 12.3. The molecule has 66 heavy (non-hydrogen) atoms. The molecule has 0 spiro atoms. The van der Waals surface area contributed by atoms with E-state index in [1.54, 1.807) is 0 Å². The molecule has 0 radical (unpaired) electrons. The molecule has 0 unspecified atom stereocenters. The summed E-state index contributed by atoms with van der Waals surface area (Å²) in [5.74, 6) is 1.85. The van der Waals surface area contributed by atoms with E-state index in [0.29, 0.717) is 11.7 Å². The average molecular weight is 864 g/mol. The van der Waals surface area contributed by atoms with Crippen molar-refractivity contribution in [2.45, 2.75) is 86.0 Å². The van der Waals surface area contributed by atoms with E-state index in [4.69, 9.17) is 9.97 Å². The van der Waals surface area contributed by atoms with Gasteiger partial charge in [-0.05, 0) is 140 Å². The van der Waals surface area contributed by atoms with Gasteiger partial charge in [-0.2, -0.15) is 0 Å². The SMILES string of the molecule is CC(C)Cc1ccc(-n2c(-c3cc(C(C)C)cc(C(C)C)c3O)nc3c(-c4cc(-c5ccccc5)cc(-c5cc(-c6ccc(C(C)(C)C)cc6)ccn5)c4)cccc32)c(-c2ccccc2)c1. The van der Waals surface area contributed by atoms with Crippen molar-refractivity contribution < 1.29 is 5.11 Å². The van der Waals surface area contributed by atoms with Crippen LogP contribution in [0.3, 0.4) is 0 Å². The lowest BCUT2D eigenvalue weighted by Gasteiger charge is -2.20. The first-order chi connectivity index (χ1) is 31.7. The van der Waals surface area contributed by atoms with Crippen LogP contribution < -0.4 is 0 Å². The number of phenols is 1. The Balaban J connectivity index is 1.31. The van der Waals surface area contributed by atoms with Crippen LogP contribution in [0.5, 0.6) is 5.75 Å². The predicted molar refractivity (Wildman–Crippen MR) is 279 cm³/mol. The zero-order valence-electron chi connectivity index (χ0n) is 39.9. The molecule has 7 aromatic carbocycles. The molecule has 0 aliphatic heterocycles. The largest absolute Gasteiger partial charge is 0.507 e. The molecule has 0 fully saturated rings. The van der Waals surface area contributed by atoms with Crippen LogP contribution in [-0.2, 0) is 11.8 Å². The monoisotopic (exact) mass is 863 g/mol. The van der Waals surface area contributed by atoms with E-state index in [1.165, 1.54) is 16.7 Å². The molecule has 9 rings (SSSR count). The molecule has 0 atom stereocenters. The van der Waals surface area contributed by atoms with Gasteiger partial charge in [-0.3, -0.25) is 9.55 Å². The molecule has 330 valence electrons. The highest BCUT2D eigenvalue weighted by atomic mass is 16.3. The number of benzene rings is 7. The lowest BCUT2D eigenvalue weighted by atomic mass is 9.86. The van der Waals surface area contributed by atoms with E-state index in [2.05, 4.69) is 231 Å². The summed E-state index contributed by atoms with van der Waals surface area (Å²) in [6, 6.07) is 59.0. The average Bonchev–Trinajstić information content (AvgIpc) is 3.71. The number of imidazole rings is 1. The van der Waals surface area contributed by atoms with Gasteiger partial charge in [0.05, 0.1) is 28.0 Å². The maximum Gasteiger partial charge on any atom is 0.149 e. The van der Waals surface area contributed by atoms with Crippen molar-refractivity contribution in [1.82, 2.24) is 14.5 Å². The van der Waals surface area contributed by atoms with E-state index in [0.717, 1.165) is 90.0 Å². The molecule has 4 nitrogen and oxygen atoms in total. The van der Waals surface area contributed by atoms with Gasteiger partial charge in [0.1, 0.15) is 11.6 Å². The normalized spacial score (nSPS) is 11.9. The van der Waals surface area contributed by atoms with Crippen molar-refractivity contribution in [3.63, 3.8) is 0 Å². The molecule has 9 aromatic rings. The number of para-hydroxylation sites is 1. The van der Waals surface area contributed by atoms with Crippen molar-refractivity contribution in [3.8, 4) is 78.6 Å². The van der Waals surface area contributed by atoms with E-state index in [-0.39, 0.29) is 23.0 Å². The second-order valence-electron chi connectivity index (χ2n) is 20.0. The van der Waals surface area contributed by atoms with Crippen LogP contribution in [0.15, 0.2) is 170 Å². The first kappa shape index (κ1) is 44.2. The van der Waals surface area contributed by atoms with Crippen LogP contribution >= 0.6 is 0 Å². The fourth-order valence-electron chi connectivity index (χ4n) is 9.27. The van der Waals surface area contributed by atoms with Gasteiger partial charge >= 0.3 is 0 Å². The summed E-state index contributed by atoms with van der Waals surface area (Å²) < 4.78 is 2.29. The Morgan fingerprint density at radius 2 is 1.20 bits per heavy atom. The van der Waals surface area contributed by atoms with Gasteiger partial charge in [-0.15, -0.1) is 0 Å². The van der Waals surface area contributed by atoms with Crippen LogP contribution in [0.1, 0.15) is 96.4 Å². The van der Waals surface area contributed by atoms with E-state index >= 15 is 0 Å².